The van der Waals surface area contributed by atoms with Gasteiger partial charge in [0.2, 0.25) is 0 Å². The Bertz CT molecular complexity index is 518. The number of nitrogens with two attached hydrogens (primary N) is 1. The van der Waals surface area contributed by atoms with Gasteiger partial charge in [0, 0.05) is 18.0 Å². The fourth-order valence-corrected chi connectivity index (χ4v) is 1.89. The van der Waals surface area contributed by atoms with Crippen LogP contribution in [0.25, 0.3) is 10.8 Å². The number of aromatic nitrogens is 1. The van der Waals surface area contributed by atoms with Crippen molar-refractivity contribution in [1.29, 1.82) is 0 Å². The van der Waals surface area contributed by atoms with Gasteiger partial charge in [-0.3, -0.25) is 0 Å². The van der Waals surface area contributed by atoms with Gasteiger partial charge >= 0.3 is 0 Å². The SMILES string of the molecule is NCc1cc2ccccc2c(NC2CC2)n1. The Balaban J connectivity index is 2.13. The van der Waals surface area contributed by atoms with Crippen molar-refractivity contribution in [3.63, 3.8) is 0 Å². The zero-order chi connectivity index (χ0) is 11.0. The Kier molecular flexibility index (Phi) is 2.26. The molecule has 0 spiro atoms. The minimum atomic E-state index is 0.490. The molecule has 0 bridgehead atoms. The van der Waals surface area contributed by atoms with Crippen LogP contribution in [0, 0.1) is 0 Å². The highest BCUT2D eigenvalue weighted by Gasteiger charge is 2.22. The third-order valence-electron chi connectivity index (χ3n) is 2.92. The molecule has 3 nitrogen and oxygen atoms in total. The van der Waals surface area contributed by atoms with Crippen LogP contribution in [0.5, 0.6) is 0 Å². The average molecular weight is 213 g/mol. The Morgan fingerprint density at radius 1 is 1.31 bits per heavy atom. The molecule has 3 rings (SSSR count). The van der Waals surface area contributed by atoms with Crippen molar-refractivity contribution >= 4 is 16.6 Å². The number of benzene rings is 1. The first kappa shape index (κ1) is 9.60. The molecule has 2 aromatic rings. The van der Waals surface area contributed by atoms with Crippen molar-refractivity contribution in [3.8, 4) is 0 Å². The summed E-state index contributed by atoms with van der Waals surface area (Å²) in [6.07, 6.45) is 2.51. The number of pyridine rings is 1. The second-order valence-electron chi connectivity index (χ2n) is 4.31. The van der Waals surface area contributed by atoms with Gasteiger partial charge in [0.1, 0.15) is 5.82 Å². The molecule has 0 unspecified atom stereocenters. The number of hydrogen-bond acceptors (Lipinski definition) is 3. The summed E-state index contributed by atoms with van der Waals surface area (Å²) in [6.45, 7) is 0.490. The topological polar surface area (TPSA) is 50.9 Å². The minimum absolute atomic E-state index is 0.490. The Morgan fingerprint density at radius 2 is 2.12 bits per heavy atom. The average Bonchev–Trinajstić information content (AvgIpc) is 3.13. The first-order chi connectivity index (χ1) is 7.86. The molecular weight excluding hydrogens is 198 g/mol. The largest absolute Gasteiger partial charge is 0.367 e. The van der Waals surface area contributed by atoms with Gasteiger partial charge in [-0.2, -0.15) is 0 Å². The quantitative estimate of drug-likeness (QED) is 0.822. The molecular formula is C13H15N3. The lowest BCUT2D eigenvalue weighted by Crippen LogP contribution is -2.07. The lowest BCUT2D eigenvalue weighted by Gasteiger charge is -2.09. The van der Waals surface area contributed by atoms with E-state index in [-0.39, 0.29) is 0 Å². The zero-order valence-corrected chi connectivity index (χ0v) is 9.11. The summed E-state index contributed by atoms with van der Waals surface area (Å²) in [5.41, 5.74) is 6.61. The molecule has 0 amide bonds. The van der Waals surface area contributed by atoms with Crippen molar-refractivity contribution in [1.82, 2.24) is 4.98 Å². The Labute approximate surface area is 94.7 Å². The monoisotopic (exact) mass is 213 g/mol. The highest BCUT2D eigenvalue weighted by Crippen LogP contribution is 2.28. The number of fused-ring (bicyclic) bond motifs is 1. The number of rotatable bonds is 3. The molecule has 0 saturated heterocycles. The molecule has 1 aliphatic rings. The van der Waals surface area contributed by atoms with E-state index < -0.39 is 0 Å². The van der Waals surface area contributed by atoms with Crippen LogP contribution in [0.4, 0.5) is 5.82 Å². The normalized spacial score (nSPS) is 15.3. The summed E-state index contributed by atoms with van der Waals surface area (Å²) in [5.74, 6) is 0.987. The number of nitrogens with zero attached hydrogens (tertiary/aromatic N) is 1. The van der Waals surface area contributed by atoms with Gasteiger partial charge in [-0.1, -0.05) is 24.3 Å². The molecule has 1 aliphatic carbocycles. The van der Waals surface area contributed by atoms with Gasteiger partial charge < -0.3 is 11.1 Å². The van der Waals surface area contributed by atoms with E-state index in [1.807, 2.05) is 12.1 Å². The minimum Gasteiger partial charge on any atom is -0.367 e. The van der Waals surface area contributed by atoms with Gasteiger partial charge in [0.05, 0.1) is 5.69 Å². The van der Waals surface area contributed by atoms with E-state index in [2.05, 4.69) is 28.5 Å². The molecule has 16 heavy (non-hydrogen) atoms. The second-order valence-corrected chi connectivity index (χ2v) is 4.31. The number of anilines is 1. The highest BCUT2D eigenvalue weighted by atomic mass is 15.0. The van der Waals surface area contributed by atoms with Crippen LogP contribution < -0.4 is 11.1 Å². The van der Waals surface area contributed by atoms with E-state index in [0.29, 0.717) is 12.6 Å². The van der Waals surface area contributed by atoms with Crippen LogP contribution in [-0.4, -0.2) is 11.0 Å². The molecule has 1 heterocycles. The smallest absolute Gasteiger partial charge is 0.134 e. The predicted molar refractivity (Wildman–Crippen MR) is 66.3 cm³/mol. The van der Waals surface area contributed by atoms with Crippen molar-refractivity contribution in [2.45, 2.75) is 25.4 Å². The Hall–Kier alpha value is -1.61. The lowest BCUT2D eigenvalue weighted by atomic mass is 10.1. The van der Waals surface area contributed by atoms with E-state index in [4.69, 9.17) is 5.73 Å². The standard InChI is InChI=1S/C13H15N3/c14-8-11-7-9-3-1-2-4-12(9)13(16-11)15-10-5-6-10/h1-4,7,10H,5-6,8,14H2,(H,15,16). The summed E-state index contributed by atoms with van der Waals surface area (Å²) in [7, 11) is 0. The predicted octanol–water partition coefficient (Wildman–Crippen LogP) is 2.27. The summed E-state index contributed by atoms with van der Waals surface area (Å²) in [5, 5.41) is 5.86. The third-order valence-corrected chi connectivity index (χ3v) is 2.92. The molecule has 1 saturated carbocycles. The zero-order valence-electron chi connectivity index (χ0n) is 9.11. The van der Waals surface area contributed by atoms with E-state index in [0.717, 1.165) is 11.5 Å². The molecule has 1 fully saturated rings. The molecule has 1 aromatic carbocycles. The van der Waals surface area contributed by atoms with Gasteiger partial charge in [-0.25, -0.2) is 4.98 Å². The number of hydrogen-bond donors (Lipinski definition) is 2. The van der Waals surface area contributed by atoms with E-state index >= 15 is 0 Å². The van der Waals surface area contributed by atoms with E-state index in [1.54, 1.807) is 0 Å². The van der Waals surface area contributed by atoms with Crippen LogP contribution in [0.3, 0.4) is 0 Å². The molecule has 0 radical (unpaired) electrons. The van der Waals surface area contributed by atoms with E-state index in [9.17, 15) is 0 Å². The van der Waals surface area contributed by atoms with Crippen LogP contribution >= 0.6 is 0 Å². The Morgan fingerprint density at radius 3 is 2.88 bits per heavy atom. The summed E-state index contributed by atoms with van der Waals surface area (Å²) >= 11 is 0. The first-order valence-corrected chi connectivity index (χ1v) is 5.72. The maximum absolute atomic E-state index is 5.67. The molecule has 0 aliphatic heterocycles. The van der Waals surface area contributed by atoms with Gasteiger partial charge in [0.15, 0.2) is 0 Å². The third kappa shape index (κ3) is 1.74. The molecule has 3 N–H and O–H groups in total. The van der Waals surface area contributed by atoms with Gasteiger partial charge in [-0.15, -0.1) is 0 Å². The summed E-state index contributed by atoms with van der Waals surface area (Å²) in [6, 6.07) is 11.0. The summed E-state index contributed by atoms with van der Waals surface area (Å²) in [4.78, 5) is 4.56. The maximum atomic E-state index is 5.67. The molecule has 3 heteroatoms. The van der Waals surface area contributed by atoms with Crippen molar-refractivity contribution in [3.05, 3.63) is 36.0 Å². The molecule has 1 aromatic heterocycles. The maximum Gasteiger partial charge on any atom is 0.134 e. The highest BCUT2D eigenvalue weighted by molar-refractivity contribution is 5.92. The van der Waals surface area contributed by atoms with Gasteiger partial charge in [0.25, 0.3) is 0 Å². The molecule has 82 valence electrons. The summed E-state index contributed by atoms with van der Waals surface area (Å²) < 4.78 is 0. The van der Waals surface area contributed by atoms with Crippen LogP contribution in [0.1, 0.15) is 18.5 Å². The van der Waals surface area contributed by atoms with Crippen LogP contribution in [0.2, 0.25) is 0 Å². The van der Waals surface area contributed by atoms with Gasteiger partial charge in [-0.05, 0) is 24.3 Å². The number of nitrogens with one attached hydrogen (secondary N) is 1. The molecule has 0 atom stereocenters. The van der Waals surface area contributed by atoms with Crippen molar-refractivity contribution < 1.29 is 0 Å². The van der Waals surface area contributed by atoms with Crippen LogP contribution in [-0.2, 0) is 6.54 Å². The van der Waals surface area contributed by atoms with E-state index in [1.165, 1.54) is 23.6 Å². The fraction of sp³-hybridized carbons (Fsp3) is 0.308. The first-order valence-electron chi connectivity index (χ1n) is 5.72. The van der Waals surface area contributed by atoms with Crippen LogP contribution in [0.15, 0.2) is 30.3 Å². The second kappa shape index (κ2) is 3.76. The lowest BCUT2D eigenvalue weighted by molar-refractivity contribution is 0.988. The van der Waals surface area contributed by atoms with Crippen molar-refractivity contribution in [2.24, 2.45) is 5.73 Å². The fourth-order valence-electron chi connectivity index (χ4n) is 1.89. The van der Waals surface area contributed by atoms with Crippen molar-refractivity contribution in [2.75, 3.05) is 5.32 Å².